The number of hydrogen-bond donors (Lipinski definition) is 0. The fraction of sp³-hybridized carbons (Fsp3) is 0.588. The van der Waals surface area contributed by atoms with Crippen molar-refractivity contribution < 1.29 is 28.7 Å². The lowest BCUT2D eigenvalue weighted by Crippen LogP contribution is -2.37. The molecule has 140 valence electrons. The summed E-state index contributed by atoms with van der Waals surface area (Å²) in [6, 6.07) is 7.44. The Bertz CT molecular complexity index is 516. The highest BCUT2D eigenvalue weighted by Crippen LogP contribution is 2.22. The molecule has 0 aliphatic heterocycles. The third kappa shape index (κ3) is 7.16. The first-order valence-electron chi connectivity index (χ1n) is 7.89. The van der Waals surface area contributed by atoms with Gasteiger partial charge in [0.15, 0.2) is 6.29 Å². The predicted molar refractivity (Wildman–Crippen MR) is 90.0 cm³/mol. The van der Waals surface area contributed by atoms with Crippen molar-refractivity contribution in [1.29, 1.82) is 0 Å². The Labute approximate surface area is 147 Å². The van der Waals surface area contributed by atoms with Gasteiger partial charge in [-0.2, -0.15) is 0 Å². The Morgan fingerprint density at radius 2 is 1.80 bits per heavy atom. The van der Waals surface area contributed by atoms with Crippen LogP contribution < -0.4 is 4.74 Å². The van der Waals surface area contributed by atoms with Crippen LogP contribution in [0.3, 0.4) is 0 Å². The van der Waals surface area contributed by atoms with Crippen LogP contribution in [0.25, 0.3) is 0 Å². The second-order valence-electron chi connectivity index (χ2n) is 5.51. The van der Waals surface area contributed by atoms with Crippen molar-refractivity contribution in [3.63, 3.8) is 0 Å². The van der Waals surface area contributed by atoms with E-state index >= 15 is 0 Å². The van der Waals surface area contributed by atoms with Crippen LogP contribution in [-0.2, 0) is 25.6 Å². The van der Waals surface area contributed by atoms with E-state index in [1.54, 1.807) is 7.11 Å². The lowest BCUT2D eigenvalue weighted by atomic mass is 9.90. The van der Waals surface area contributed by atoms with Crippen molar-refractivity contribution in [1.82, 2.24) is 0 Å². The molecule has 1 aromatic rings. The summed E-state index contributed by atoms with van der Waals surface area (Å²) in [5.41, 5.74) is 0.969. The highest BCUT2D eigenvalue weighted by atomic mass is 16.7. The third-order valence-electron chi connectivity index (χ3n) is 3.92. The van der Waals surface area contributed by atoms with Crippen LogP contribution in [0.2, 0.25) is 0 Å². The van der Waals surface area contributed by atoms with Gasteiger partial charge in [-0.05, 0) is 24.1 Å². The van der Waals surface area contributed by atoms with E-state index in [4.69, 9.17) is 18.9 Å². The van der Waals surface area contributed by atoms with Crippen molar-refractivity contribution >= 4 is 6.29 Å². The minimum absolute atomic E-state index is 0.295. The maximum Gasteiger partial charge on any atom is 0.212 e. The quantitative estimate of drug-likeness (QED) is 0.175. The Hall–Kier alpha value is -2.03. The van der Waals surface area contributed by atoms with Gasteiger partial charge in [-0.25, -0.2) is 0 Å². The smallest absolute Gasteiger partial charge is 0.212 e. The largest absolute Gasteiger partial charge is 0.497 e. The molecule has 0 bridgehead atoms. The summed E-state index contributed by atoms with van der Waals surface area (Å²) >= 11 is 0. The fourth-order valence-corrected chi connectivity index (χ4v) is 2.56. The molecule has 0 fully saturated rings. The van der Waals surface area contributed by atoms with E-state index in [2.05, 4.69) is 0 Å². The molecular weight excluding hydrogens is 330 g/mol. The Morgan fingerprint density at radius 1 is 1.16 bits per heavy atom. The molecule has 0 N–H and O–H groups in total. The van der Waals surface area contributed by atoms with Crippen LogP contribution in [0, 0.1) is 22.0 Å². The molecule has 2 atom stereocenters. The minimum atomic E-state index is -0.817. The van der Waals surface area contributed by atoms with Crippen LogP contribution in [0.1, 0.15) is 12.0 Å². The van der Waals surface area contributed by atoms with Gasteiger partial charge in [-0.15, -0.1) is 0 Å². The molecule has 0 heterocycles. The van der Waals surface area contributed by atoms with Gasteiger partial charge in [-0.3, -0.25) is 10.1 Å². The summed E-state index contributed by atoms with van der Waals surface area (Å²) in [5.74, 6) is -0.504. The van der Waals surface area contributed by atoms with Gasteiger partial charge in [0.25, 0.3) is 0 Å². The summed E-state index contributed by atoms with van der Waals surface area (Å²) in [6.07, 6.45) is 0.235. The summed E-state index contributed by atoms with van der Waals surface area (Å²) in [6.45, 7) is 0.269. The highest BCUT2D eigenvalue weighted by Gasteiger charge is 2.34. The Kier molecular flexibility index (Phi) is 9.68. The average Bonchev–Trinajstić information content (AvgIpc) is 2.62. The monoisotopic (exact) mass is 355 g/mol. The molecular formula is C17H25NO7. The van der Waals surface area contributed by atoms with E-state index in [1.807, 2.05) is 24.3 Å². The molecule has 0 aliphatic carbocycles. The van der Waals surface area contributed by atoms with E-state index < -0.39 is 29.6 Å². The summed E-state index contributed by atoms with van der Waals surface area (Å²) in [5, 5.41) is 10.9. The molecule has 8 heteroatoms. The van der Waals surface area contributed by atoms with Crippen molar-refractivity contribution in [3.8, 4) is 5.75 Å². The van der Waals surface area contributed by atoms with Crippen molar-refractivity contribution in [2.24, 2.45) is 11.8 Å². The number of rotatable bonds is 13. The number of carbonyl (C=O) groups is 1. The van der Waals surface area contributed by atoms with Crippen molar-refractivity contribution in [2.75, 3.05) is 34.5 Å². The number of nitro groups is 1. The molecule has 0 aromatic heterocycles. The lowest BCUT2D eigenvalue weighted by Gasteiger charge is -2.26. The highest BCUT2D eigenvalue weighted by molar-refractivity contribution is 5.54. The standard InChI is InChI=1S/C17H25NO7/c1-22-15-6-4-13(5-7-15)12-25-9-8-14(11-19)16(10-18(20)21)17(23-2)24-3/h4-7,11,14,16-17H,8-10,12H2,1-3H3/t14-,16-/m0/s1. The lowest BCUT2D eigenvalue weighted by molar-refractivity contribution is -0.495. The first-order valence-corrected chi connectivity index (χ1v) is 7.89. The minimum Gasteiger partial charge on any atom is -0.497 e. The van der Waals surface area contributed by atoms with Gasteiger partial charge in [0.05, 0.1) is 19.6 Å². The van der Waals surface area contributed by atoms with Crippen molar-refractivity contribution in [3.05, 3.63) is 39.9 Å². The maximum atomic E-state index is 11.4. The topological polar surface area (TPSA) is 97.1 Å². The molecule has 0 spiro atoms. The zero-order valence-corrected chi connectivity index (χ0v) is 14.8. The van der Waals surface area contributed by atoms with E-state index in [1.165, 1.54) is 14.2 Å². The van der Waals surface area contributed by atoms with Gasteiger partial charge >= 0.3 is 0 Å². The number of carbonyl (C=O) groups excluding carboxylic acids is 1. The van der Waals surface area contributed by atoms with E-state index in [0.717, 1.165) is 11.3 Å². The van der Waals surface area contributed by atoms with Gasteiger partial charge < -0.3 is 23.7 Å². The SMILES string of the molecule is COc1ccc(COCC[C@@H](C=O)[C@H](C[N+](=O)[O-])C(OC)OC)cc1. The third-order valence-corrected chi connectivity index (χ3v) is 3.92. The average molecular weight is 355 g/mol. The number of methoxy groups -OCH3 is 3. The molecule has 0 amide bonds. The summed E-state index contributed by atoms with van der Waals surface area (Å²) < 4.78 is 20.9. The zero-order chi connectivity index (χ0) is 18.7. The second-order valence-corrected chi connectivity index (χ2v) is 5.51. The van der Waals surface area contributed by atoms with Crippen LogP contribution in [-0.4, -0.2) is 52.0 Å². The van der Waals surface area contributed by atoms with Crippen LogP contribution in [0.15, 0.2) is 24.3 Å². The Morgan fingerprint density at radius 3 is 2.28 bits per heavy atom. The summed E-state index contributed by atoms with van der Waals surface area (Å²) in [7, 11) is 4.38. The molecule has 0 unspecified atom stereocenters. The van der Waals surface area contributed by atoms with Crippen LogP contribution in [0.4, 0.5) is 0 Å². The molecule has 0 aliphatic rings. The van der Waals surface area contributed by atoms with Gasteiger partial charge in [0.1, 0.15) is 12.0 Å². The molecule has 1 rings (SSSR count). The number of ether oxygens (including phenoxy) is 4. The Balaban J connectivity index is 2.54. The fourth-order valence-electron chi connectivity index (χ4n) is 2.56. The molecule has 8 nitrogen and oxygen atoms in total. The first-order chi connectivity index (χ1) is 12.0. The normalized spacial score (nSPS) is 13.4. The number of nitrogens with zero attached hydrogens (tertiary/aromatic N) is 1. The molecule has 0 radical (unpaired) electrons. The van der Waals surface area contributed by atoms with Gasteiger partial charge in [0.2, 0.25) is 6.54 Å². The van der Waals surface area contributed by atoms with Crippen LogP contribution >= 0.6 is 0 Å². The summed E-state index contributed by atoms with van der Waals surface area (Å²) in [4.78, 5) is 21.8. The molecule has 0 saturated carbocycles. The second kappa shape index (κ2) is 11.5. The zero-order valence-electron chi connectivity index (χ0n) is 14.8. The van der Waals surface area contributed by atoms with E-state index in [9.17, 15) is 14.9 Å². The maximum absolute atomic E-state index is 11.4. The molecule has 1 aromatic carbocycles. The van der Waals surface area contributed by atoms with Gasteiger partial charge in [-0.1, -0.05) is 12.1 Å². The number of aldehydes is 1. The first kappa shape index (κ1) is 21.0. The number of hydrogen-bond acceptors (Lipinski definition) is 7. The number of benzene rings is 1. The van der Waals surface area contributed by atoms with Gasteiger partial charge in [0, 0.05) is 31.7 Å². The molecule has 25 heavy (non-hydrogen) atoms. The predicted octanol–water partition coefficient (Wildman–Crippen LogP) is 1.93. The van der Waals surface area contributed by atoms with E-state index in [0.29, 0.717) is 25.9 Å². The molecule has 0 saturated heterocycles. The van der Waals surface area contributed by atoms with Crippen LogP contribution in [0.5, 0.6) is 5.75 Å². The van der Waals surface area contributed by atoms with E-state index in [-0.39, 0.29) is 0 Å². The van der Waals surface area contributed by atoms with Crippen molar-refractivity contribution in [2.45, 2.75) is 19.3 Å².